The molecular weight excluding hydrogens is 383 g/mol. The Morgan fingerprint density at radius 1 is 1.11 bits per heavy atom. The molecule has 1 aromatic rings. The minimum atomic E-state index is -4.32. The van der Waals surface area contributed by atoms with Crippen LogP contribution in [0.3, 0.4) is 0 Å². The predicted molar refractivity (Wildman–Crippen MR) is 92.4 cm³/mol. The molecule has 0 radical (unpaired) electrons. The molecular formula is C19H23F5N2O2. The summed E-state index contributed by atoms with van der Waals surface area (Å²) in [6.45, 7) is 3.23. The Bertz CT molecular complexity index is 701. The Kier molecular flexibility index (Phi) is 7.01. The minimum Gasteiger partial charge on any atom is -0.352 e. The molecule has 0 heterocycles. The van der Waals surface area contributed by atoms with E-state index >= 15 is 0 Å². The molecule has 2 amide bonds. The van der Waals surface area contributed by atoms with Crippen molar-refractivity contribution in [1.29, 1.82) is 0 Å². The minimum absolute atomic E-state index is 0.0206. The van der Waals surface area contributed by atoms with Crippen molar-refractivity contribution >= 4 is 11.8 Å². The van der Waals surface area contributed by atoms with Crippen LogP contribution < -0.4 is 10.6 Å². The van der Waals surface area contributed by atoms with E-state index in [0.29, 0.717) is 12.8 Å². The Labute approximate surface area is 159 Å². The number of benzene rings is 1. The summed E-state index contributed by atoms with van der Waals surface area (Å²) in [5.41, 5.74) is -0.809. The van der Waals surface area contributed by atoms with Gasteiger partial charge in [0, 0.05) is 6.04 Å². The lowest BCUT2D eigenvalue weighted by Gasteiger charge is -2.32. The van der Waals surface area contributed by atoms with Gasteiger partial charge in [0.25, 0.3) is 5.91 Å². The number of amides is 2. The van der Waals surface area contributed by atoms with Gasteiger partial charge in [-0.2, -0.15) is 13.2 Å². The molecule has 156 valence electrons. The third-order valence-corrected chi connectivity index (χ3v) is 4.91. The first-order valence-electron chi connectivity index (χ1n) is 9.12. The average molecular weight is 406 g/mol. The molecule has 9 heteroatoms. The van der Waals surface area contributed by atoms with E-state index in [0.717, 1.165) is 18.2 Å². The van der Waals surface area contributed by atoms with E-state index in [4.69, 9.17) is 0 Å². The second-order valence-electron chi connectivity index (χ2n) is 7.40. The maximum atomic E-state index is 13.8. The summed E-state index contributed by atoms with van der Waals surface area (Å²) in [6, 6.07) is 1.13. The van der Waals surface area contributed by atoms with Gasteiger partial charge in [-0.1, -0.05) is 26.3 Å². The first-order valence-corrected chi connectivity index (χ1v) is 9.12. The van der Waals surface area contributed by atoms with Crippen LogP contribution in [0.5, 0.6) is 0 Å². The van der Waals surface area contributed by atoms with Gasteiger partial charge in [-0.05, 0) is 37.3 Å². The van der Waals surface area contributed by atoms with Crippen molar-refractivity contribution in [3.05, 3.63) is 35.4 Å². The number of carbonyl (C=O) groups is 2. The third kappa shape index (κ3) is 5.42. The predicted octanol–water partition coefficient (Wildman–Crippen LogP) is 3.96. The number of hydrogen-bond acceptors (Lipinski definition) is 2. The van der Waals surface area contributed by atoms with Crippen molar-refractivity contribution < 1.29 is 31.5 Å². The van der Waals surface area contributed by atoms with Gasteiger partial charge in [-0.3, -0.25) is 9.59 Å². The molecule has 0 aromatic heterocycles. The summed E-state index contributed by atoms with van der Waals surface area (Å²) >= 11 is 0. The lowest BCUT2D eigenvalue weighted by atomic mass is 9.85. The first kappa shape index (κ1) is 22.1. The summed E-state index contributed by atoms with van der Waals surface area (Å²) in [4.78, 5) is 24.8. The van der Waals surface area contributed by atoms with Gasteiger partial charge in [0.15, 0.2) is 0 Å². The highest BCUT2D eigenvalue weighted by atomic mass is 19.4. The van der Waals surface area contributed by atoms with Crippen molar-refractivity contribution in [2.24, 2.45) is 11.8 Å². The largest absolute Gasteiger partial charge is 0.391 e. The van der Waals surface area contributed by atoms with Gasteiger partial charge < -0.3 is 10.6 Å². The first-order chi connectivity index (χ1) is 13.0. The summed E-state index contributed by atoms with van der Waals surface area (Å²) in [5.74, 6) is -5.83. The number of halogens is 5. The van der Waals surface area contributed by atoms with Crippen molar-refractivity contribution in [2.45, 2.75) is 57.8 Å². The van der Waals surface area contributed by atoms with Crippen LogP contribution >= 0.6 is 0 Å². The van der Waals surface area contributed by atoms with Crippen LogP contribution in [0.15, 0.2) is 18.2 Å². The highest BCUT2D eigenvalue weighted by Crippen LogP contribution is 2.37. The molecule has 0 bridgehead atoms. The lowest BCUT2D eigenvalue weighted by Crippen LogP contribution is -2.53. The van der Waals surface area contributed by atoms with Crippen LogP contribution in [0.1, 0.15) is 49.9 Å². The van der Waals surface area contributed by atoms with E-state index in [1.165, 1.54) is 0 Å². The van der Waals surface area contributed by atoms with Gasteiger partial charge in [0.1, 0.15) is 23.2 Å². The summed E-state index contributed by atoms with van der Waals surface area (Å²) in [6.07, 6.45) is -3.80. The maximum Gasteiger partial charge on any atom is 0.391 e. The van der Waals surface area contributed by atoms with E-state index in [1.54, 1.807) is 13.8 Å². The SMILES string of the molecule is CC(C)C(NC(=O)c1c(F)cccc1F)C(=O)NC1CCCC(C(F)(F)F)C1. The molecule has 28 heavy (non-hydrogen) atoms. The second kappa shape index (κ2) is 8.87. The van der Waals surface area contributed by atoms with Gasteiger partial charge in [-0.25, -0.2) is 8.78 Å². The standard InChI is InChI=1S/C19H23F5N2O2/c1-10(2)16(26-17(27)15-13(20)7-4-8-14(15)21)18(28)25-12-6-3-5-11(9-12)19(22,23)24/h4,7-8,10-12,16H,3,5-6,9H2,1-2H3,(H,25,28)(H,26,27). The van der Waals surface area contributed by atoms with Crippen LogP contribution in [-0.2, 0) is 4.79 Å². The fraction of sp³-hybridized carbons (Fsp3) is 0.579. The number of carbonyl (C=O) groups excluding carboxylic acids is 2. The molecule has 3 unspecified atom stereocenters. The Morgan fingerprint density at radius 3 is 2.25 bits per heavy atom. The fourth-order valence-electron chi connectivity index (χ4n) is 3.37. The number of rotatable bonds is 5. The van der Waals surface area contributed by atoms with Crippen LogP contribution in [0, 0.1) is 23.5 Å². The summed E-state index contributed by atoms with van der Waals surface area (Å²) in [7, 11) is 0. The molecule has 0 saturated heterocycles. The van der Waals surface area contributed by atoms with E-state index in [1.807, 2.05) is 0 Å². The van der Waals surface area contributed by atoms with Crippen LogP contribution in [-0.4, -0.2) is 30.1 Å². The third-order valence-electron chi connectivity index (χ3n) is 4.91. The monoisotopic (exact) mass is 406 g/mol. The smallest absolute Gasteiger partial charge is 0.352 e. The van der Waals surface area contributed by atoms with E-state index in [9.17, 15) is 31.5 Å². The molecule has 1 saturated carbocycles. The normalized spacial score (nSPS) is 21.3. The maximum absolute atomic E-state index is 13.8. The van der Waals surface area contributed by atoms with Crippen molar-refractivity contribution in [1.82, 2.24) is 10.6 Å². The van der Waals surface area contributed by atoms with Crippen LogP contribution in [0.25, 0.3) is 0 Å². The second-order valence-corrected chi connectivity index (χ2v) is 7.40. The molecule has 1 fully saturated rings. The molecule has 1 aliphatic carbocycles. The topological polar surface area (TPSA) is 58.2 Å². The van der Waals surface area contributed by atoms with E-state index in [2.05, 4.69) is 10.6 Å². The number of alkyl halides is 3. The molecule has 0 aliphatic heterocycles. The highest BCUT2D eigenvalue weighted by molar-refractivity contribution is 5.98. The van der Waals surface area contributed by atoms with Gasteiger partial charge in [0.2, 0.25) is 5.91 Å². The van der Waals surface area contributed by atoms with Gasteiger partial charge in [-0.15, -0.1) is 0 Å². The molecule has 0 spiro atoms. The molecule has 2 rings (SSSR count). The molecule has 1 aliphatic rings. The zero-order chi connectivity index (χ0) is 21.1. The zero-order valence-corrected chi connectivity index (χ0v) is 15.6. The van der Waals surface area contributed by atoms with Crippen molar-refractivity contribution in [3.8, 4) is 0 Å². The zero-order valence-electron chi connectivity index (χ0n) is 15.6. The van der Waals surface area contributed by atoms with E-state index < -0.39 is 59.1 Å². The lowest BCUT2D eigenvalue weighted by molar-refractivity contribution is -0.184. The Balaban J connectivity index is 2.07. The van der Waals surface area contributed by atoms with Crippen molar-refractivity contribution in [2.75, 3.05) is 0 Å². The fourth-order valence-corrected chi connectivity index (χ4v) is 3.37. The average Bonchev–Trinajstić information content (AvgIpc) is 2.58. The molecule has 3 atom stereocenters. The van der Waals surface area contributed by atoms with E-state index in [-0.39, 0.29) is 12.8 Å². The molecule has 2 N–H and O–H groups in total. The highest BCUT2D eigenvalue weighted by Gasteiger charge is 2.42. The Morgan fingerprint density at radius 2 is 1.71 bits per heavy atom. The molecule has 4 nitrogen and oxygen atoms in total. The molecule has 1 aromatic carbocycles. The number of nitrogens with one attached hydrogen (secondary N) is 2. The van der Waals surface area contributed by atoms with Crippen molar-refractivity contribution in [3.63, 3.8) is 0 Å². The van der Waals surface area contributed by atoms with Gasteiger partial charge >= 0.3 is 6.18 Å². The van der Waals surface area contributed by atoms with Gasteiger partial charge in [0.05, 0.1) is 5.92 Å². The van der Waals surface area contributed by atoms with Crippen LogP contribution in [0.4, 0.5) is 22.0 Å². The summed E-state index contributed by atoms with van der Waals surface area (Å²) in [5, 5.41) is 4.84. The van der Waals surface area contributed by atoms with Crippen LogP contribution in [0.2, 0.25) is 0 Å². The number of hydrogen-bond donors (Lipinski definition) is 2. The Hall–Kier alpha value is -2.19. The quantitative estimate of drug-likeness (QED) is 0.728. The summed E-state index contributed by atoms with van der Waals surface area (Å²) < 4.78 is 66.3.